The number of hydrogen-bond donors (Lipinski definition) is 3. The minimum absolute atomic E-state index is 0.109. The molecule has 0 aromatic heterocycles. The van der Waals surface area contributed by atoms with Crippen molar-refractivity contribution in [3.8, 4) is 6.07 Å². The van der Waals surface area contributed by atoms with Crippen LogP contribution in [-0.2, 0) is 4.79 Å². The molecule has 1 aliphatic carbocycles. The zero-order valence-electron chi connectivity index (χ0n) is 19.2. The normalized spacial score (nSPS) is 18.9. The molecular weight excluding hydrogens is 402 g/mol. The average Bonchev–Trinajstić information content (AvgIpc) is 3.13. The number of hydrogen-bond acceptors (Lipinski definition) is 4. The zero-order chi connectivity index (χ0) is 23.1. The second-order valence-electron chi connectivity index (χ2n) is 8.66. The van der Waals surface area contributed by atoms with Crippen molar-refractivity contribution in [1.29, 1.82) is 5.26 Å². The van der Waals surface area contributed by atoms with Crippen molar-refractivity contribution in [3.05, 3.63) is 47.2 Å². The number of benzene rings is 1. The van der Waals surface area contributed by atoms with Gasteiger partial charge in [0.25, 0.3) is 0 Å². The lowest BCUT2D eigenvalue weighted by molar-refractivity contribution is -0.117. The van der Waals surface area contributed by atoms with Crippen molar-refractivity contribution in [2.75, 3.05) is 26.0 Å². The Kier molecular flexibility index (Phi) is 7.93. The van der Waals surface area contributed by atoms with E-state index in [4.69, 9.17) is 5.26 Å². The molecular formula is C25H33N5O2. The topological polar surface area (TPSA) is 97.3 Å². The highest BCUT2D eigenvalue weighted by Crippen LogP contribution is 2.34. The first kappa shape index (κ1) is 23.4. The lowest BCUT2D eigenvalue weighted by atomic mass is 9.92. The number of carbonyl (C=O) groups excluding carboxylic acids is 2. The van der Waals surface area contributed by atoms with Crippen LogP contribution >= 0.6 is 0 Å². The molecule has 2 atom stereocenters. The molecule has 1 aliphatic heterocycles. The van der Waals surface area contributed by atoms with Crippen LogP contribution in [0.1, 0.15) is 62.5 Å². The van der Waals surface area contributed by atoms with Crippen LogP contribution < -0.4 is 16.0 Å². The molecule has 0 saturated heterocycles. The van der Waals surface area contributed by atoms with E-state index in [1.54, 1.807) is 25.2 Å². The van der Waals surface area contributed by atoms with E-state index in [1.807, 2.05) is 12.1 Å². The molecule has 3 N–H and O–H groups in total. The maximum absolute atomic E-state index is 12.9. The number of amides is 3. The van der Waals surface area contributed by atoms with Gasteiger partial charge in [-0.1, -0.05) is 25.5 Å². The van der Waals surface area contributed by atoms with Crippen LogP contribution in [-0.4, -0.2) is 43.5 Å². The fraction of sp³-hybridized carbons (Fsp3) is 0.480. The quantitative estimate of drug-likeness (QED) is 0.626. The molecule has 1 heterocycles. The maximum atomic E-state index is 12.9. The summed E-state index contributed by atoms with van der Waals surface area (Å²) in [4.78, 5) is 26.4. The number of likely N-dealkylation sites (N-methyl/N-ethyl adjacent to an activating group) is 1. The second kappa shape index (κ2) is 10.9. The maximum Gasteiger partial charge on any atom is 0.316 e. The summed E-state index contributed by atoms with van der Waals surface area (Å²) in [5, 5.41) is 17.8. The van der Waals surface area contributed by atoms with Gasteiger partial charge in [-0.3, -0.25) is 4.79 Å². The van der Waals surface area contributed by atoms with Crippen molar-refractivity contribution < 1.29 is 9.59 Å². The Morgan fingerprint density at radius 2 is 2.12 bits per heavy atom. The molecule has 0 saturated carbocycles. The van der Waals surface area contributed by atoms with Gasteiger partial charge in [0.15, 0.2) is 0 Å². The van der Waals surface area contributed by atoms with Crippen LogP contribution in [0.5, 0.6) is 0 Å². The molecule has 7 heteroatoms. The molecule has 0 bridgehead atoms. The van der Waals surface area contributed by atoms with Gasteiger partial charge >= 0.3 is 6.03 Å². The van der Waals surface area contributed by atoms with E-state index < -0.39 is 6.04 Å². The van der Waals surface area contributed by atoms with E-state index >= 15 is 0 Å². The van der Waals surface area contributed by atoms with Gasteiger partial charge in [0.1, 0.15) is 6.04 Å². The first-order valence-corrected chi connectivity index (χ1v) is 11.3. The fourth-order valence-corrected chi connectivity index (χ4v) is 4.30. The summed E-state index contributed by atoms with van der Waals surface area (Å²) in [6, 6.07) is 7.73. The molecule has 2 unspecified atom stereocenters. The molecule has 1 aromatic rings. The first-order chi connectivity index (χ1) is 15.4. The van der Waals surface area contributed by atoms with Crippen LogP contribution in [0.25, 0.3) is 5.57 Å². The number of carbonyl (C=O) groups is 2. The van der Waals surface area contributed by atoms with Gasteiger partial charge in [-0.2, -0.15) is 5.26 Å². The third kappa shape index (κ3) is 5.70. The minimum atomic E-state index is -0.430. The molecule has 7 nitrogen and oxygen atoms in total. The number of nitrogens with zero attached hydrogens (tertiary/aromatic N) is 2. The molecule has 0 fully saturated rings. The molecule has 3 amide bonds. The first-order valence-electron chi connectivity index (χ1n) is 11.3. The molecule has 1 aromatic carbocycles. The van der Waals surface area contributed by atoms with Gasteiger partial charge < -0.3 is 20.9 Å². The van der Waals surface area contributed by atoms with Gasteiger partial charge in [0.2, 0.25) is 5.91 Å². The highest BCUT2D eigenvalue weighted by Gasteiger charge is 2.25. The molecule has 0 spiro atoms. The lowest BCUT2D eigenvalue weighted by Gasteiger charge is -2.23. The number of rotatable bonds is 6. The van der Waals surface area contributed by atoms with Crippen LogP contribution in [0.3, 0.4) is 0 Å². The van der Waals surface area contributed by atoms with Crippen LogP contribution in [0, 0.1) is 11.3 Å². The summed E-state index contributed by atoms with van der Waals surface area (Å²) in [5.41, 5.74) is 4.83. The average molecular weight is 436 g/mol. The van der Waals surface area contributed by atoms with Crippen molar-refractivity contribution in [3.63, 3.8) is 0 Å². The Labute approximate surface area is 190 Å². The van der Waals surface area contributed by atoms with Crippen molar-refractivity contribution in [1.82, 2.24) is 15.5 Å². The second-order valence-corrected chi connectivity index (χ2v) is 8.66. The summed E-state index contributed by atoms with van der Waals surface area (Å²) >= 11 is 0. The summed E-state index contributed by atoms with van der Waals surface area (Å²) in [7, 11) is 3.42. The number of urea groups is 1. The Hall–Kier alpha value is -3.27. The highest BCUT2D eigenvalue weighted by molar-refractivity contribution is 5.98. The fourth-order valence-electron chi connectivity index (χ4n) is 4.30. The smallest absolute Gasteiger partial charge is 0.316 e. The van der Waals surface area contributed by atoms with Crippen molar-refractivity contribution in [2.45, 2.75) is 57.4 Å². The molecule has 3 rings (SSSR count). The third-order valence-electron chi connectivity index (χ3n) is 6.21. The van der Waals surface area contributed by atoms with E-state index in [9.17, 15) is 9.59 Å². The van der Waals surface area contributed by atoms with E-state index in [1.165, 1.54) is 18.4 Å². The van der Waals surface area contributed by atoms with Gasteiger partial charge in [-0.15, -0.1) is 0 Å². The number of allylic oxidation sites excluding steroid dienone is 2. The van der Waals surface area contributed by atoms with E-state index in [0.29, 0.717) is 18.5 Å². The van der Waals surface area contributed by atoms with Gasteiger partial charge in [0, 0.05) is 50.1 Å². The Bertz CT molecular complexity index is 960. The number of anilines is 1. The molecule has 2 aliphatic rings. The van der Waals surface area contributed by atoms with Gasteiger partial charge in [-0.25, -0.2) is 4.79 Å². The summed E-state index contributed by atoms with van der Waals surface area (Å²) in [6.07, 6.45) is 9.89. The largest absolute Gasteiger partial charge is 0.379 e. The lowest BCUT2D eigenvalue weighted by Crippen LogP contribution is -2.37. The van der Waals surface area contributed by atoms with E-state index in [2.05, 4.69) is 41.1 Å². The Morgan fingerprint density at radius 3 is 2.84 bits per heavy atom. The highest BCUT2D eigenvalue weighted by atomic mass is 16.2. The predicted octanol–water partition coefficient (Wildman–Crippen LogP) is 4.12. The SMILES string of the molecule is CNC(=O)N(C)CC(C)c1ccc(NC(=O)C2CC(C#N)=CN2)c(C2=CCCCCC2)c1. The summed E-state index contributed by atoms with van der Waals surface area (Å²) in [5.74, 6) is 0.00758. The van der Waals surface area contributed by atoms with Crippen LogP contribution in [0.15, 0.2) is 36.0 Å². The molecule has 0 radical (unpaired) electrons. The van der Waals surface area contributed by atoms with E-state index in [-0.39, 0.29) is 17.9 Å². The van der Waals surface area contributed by atoms with Crippen LogP contribution in [0.2, 0.25) is 0 Å². The predicted molar refractivity (Wildman–Crippen MR) is 127 cm³/mol. The van der Waals surface area contributed by atoms with Gasteiger partial charge in [-0.05, 0) is 54.9 Å². The monoisotopic (exact) mass is 435 g/mol. The minimum Gasteiger partial charge on any atom is -0.379 e. The van der Waals surface area contributed by atoms with Gasteiger partial charge in [0.05, 0.1) is 6.07 Å². The van der Waals surface area contributed by atoms with Crippen molar-refractivity contribution >= 4 is 23.2 Å². The third-order valence-corrected chi connectivity index (χ3v) is 6.21. The summed E-state index contributed by atoms with van der Waals surface area (Å²) < 4.78 is 0. The number of nitriles is 1. The zero-order valence-corrected chi connectivity index (χ0v) is 19.2. The Morgan fingerprint density at radius 1 is 1.31 bits per heavy atom. The molecule has 170 valence electrons. The summed E-state index contributed by atoms with van der Waals surface area (Å²) in [6.45, 7) is 2.70. The van der Waals surface area contributed by atoms with E-state index in [0.717, 1.165) is 36.1 Å². The number of nitrogens with one attached hydrogen (secondary N) is 3. The van der Waals surface area contributed by atoms with Crippen LogP contribution in [0.4, 0.5) is 10.5 Å². The van der Waals surface area contributed by atoms with Crippen molar-refractivity contribution in [2.24, 2.45) is 0 Å². The molecule has 32 heavy (non-hydrogen) atoms. The Balaban J connectivity index is 1.84. The standard InChI is InChI=1S/C25H33N5O2/c1-17(16-30(3)25(32)27-2)20-10-11-22(21(13-20)19-8-6-4-5-7-9-19)29-24(31)23-12-18(14-26)15-28-23/h8,10-11,13,15,17,23,28H,4-7,9,12,16H2,1-3H3,(H,27,32)(H,29,31).